The van der Waals surface area contributed by atoms with Gasteiger partial charge >= 0.3 is 0 Å². The van der Waals surface area contributed by atoms with E-state index < -0.39 is 0 Å². The first-order valence-corrected chi connectivity index (χ1v) is 12.7. The van der Waals surface area contributed by atoms with Gasteiger partial charge in [-0.3, -0.25) is 0 Å². The van der Waals surface area contributed by atoms with Crippen LogP contribution in [0.5, 0.6) is 0 Å². The summed E-state index contributed by atoms with van der Waals surface area (Å²) in [5.41, 5.74) is 7.46. The van der Waals surface area contributed by atoms with Crippen LogP contribution in [0.15, 0.2) is 72.8 Å². The number of hydrogen-bond donors (Lipinski definition) is 0. The second-order valence-electron chi connectivity index (χ2n) is 9.81. The zero-order chi connectivity index (χ0) is 24.2. The van der Waals surface area contributed by atoms with Crippen molar-refractivity contribution in [3.63, 3.8) is 0 Å². The molecule has 2 aliphatic rings. The average molecular weight is 467 g/mol. The summed E-state index contributed by atoms with van der Waals surface area (Å²) >= 11 is 0. The van der Waals surface area contributed by atoms with E-state index in [1.165, 1.54) is 27.9 Å². The van der Waals surface area contributed by atoms with E-state index >= 15 is 0 Å². The standard InChI is InChI=1S/C31H34N2O2/c1-34-31(35-2)25-16-18-33(19-17-25)27-12-9-24(10-13-27)30-28(23-6-4-3-5-7-23)15-11-26-20-22(21-32)8-14-29(26)30/h3-10,12-14,20,25,28,30-31H,11,15-19H2,1-2H3/t28-,30+/m1/s1. The van der Waals surface area contributed by atoms with Crippen molar-refractivity contribution in [2.75, 3.05) is 32.2 Å². The van der Waals surface area contributed by atoms with Crippen molar-refractivity contribution in [3.8, 4) is 6.07 Å². The molecule has 35 heavy (non-hydrogen) atoms. The summed E-state index contributed by atoms with van der Waals surface area (Å²) in [4.78, 5) is 2.48. The van der Waals surface area contributed by atoms with Gasteiger partial charge in [0.2, 0.25) is 0 Å². The normalized spacial score (nSPS) is 20.5. The number of nitrogens with zero attached hydrogens (tertiary/aromatic N) is 2. The van der Waals surface area contributed by atoms with Crippen molar-refractivity contribution >= 4 is 5.69 Å². The molecule has 0 saturated carbocycles. The maximum Gasteiger partial charge on any atom is 0.159 e. The maximum absolute atomic E-state index is 9.41. The van der Waals surface area contributed by atoms with Crippen LogP contribution >= 0.6 is 0 Å². The number of aryl methyl sites for hydroxylation is 1. The van der Waals surface area contributed by atoms with Crippen molar-refractivity contribution in [2.24, 2.45) is 5.92 Å². The predicted molar refractivity (Wildman–Crippen MR) is 140 cm³/mol. The fraction of sp³-hybridized carbons (Fsp3) is 0.387. The van der Waals surface area contributed by atoms with Crippen LogP contribution < -0.4 is 4.90 Å². The quantitative estimate of drug-likeness (QED) is 0.403. The SMILES string of the molecule is COC(OC)C1CCN(c2ccc([C@@H]3c4ccc(C#N)cc4CC[C@@H]3c3ccccc3)cc2)CC1. The second kappa shape index (κ2) is 10.6. The molecule has 1 heterocycles. The fourth-order valence-corrected chi connectivity index (χ4v) is 6.16. The lowest BCUT2D eigenvalue weighted by Crippen LogP contribution is -2.39. The van der Waals surface area contributed by atoms with Gasteiger partial charge in [-0.25, -0.2) is 0 Å². The van der Waals surface area contributed by atoms with E-state index in [2.05, 4.69) is 77.7 Å². The first-order valence-electron chi connectivity index (χ1n) is 12.7. The molecule has 0 bridgehead atoms. The molecule has 1 fully saturated rings. The molecule has 0 spiro atoms. The molecule has 1 aliphatic carbocycles. The van der Waals surface area contributed by atoms with E-state index in [0.29, 0.717) is 11.8 Å². The zero-order valence-corrected chi connectivity index (χ0v) is 20.7. The highest BCUT2D eigenvalue weighted by Crippen LogP contribution is 2.46. The van der Waals surface area contributed by atoms with E-state index in [4.69, 9.17) is 9.47 Å². The lowest BCUT2D eigenvalue weighted by molar-refractivity contribution is -0.141. The number of methoxy groups -OCH3 is 2. The lowest BCUT2D eigenvalue weighted by atomic mass is 9.69. The van der Waals surface area contributed by atoms with Gasteiger partial charge in [-0.15, -0.1) is 0 Å². The Hall–Kier alpha value is -3.13. The van der Waals surface area contributed by atoms with E-state index in [1.54, 1.807) is 14.2 Å². The number of anilines is 1. The van der Waals surface area contributed by atoms with Crippen LogP contribution in [0.4, 0.5) is 5.69 Å². The van der Waals surface area contributed by atoms with E-state index in [1.807, 2.05) is 6.07 Å². The molecule has 3 aromatic rings. The molecule has 0 radical (unpaired) electrons. The molecule has 180 valence electrons. The first kappa shape index (κ1) is 23.6. The fourth-order valence-electron chi connectivity index (χ4n) is 6.16. The van der Waals surface area contributed by atoms with Crippen molar-refractivity contribution in [3.05, 3.63) is 101 Å². The van der Waals surface area contributed by atoms with Crippen molar-refractivity contribution in [1.82, 2.24) is 0 Å². The largest absolute Gasteiger partial charge is 0.372 e. The average Bonchev–Trinajstić information content (AvgIpc) is 2.94. The Balaban J connectivity index is 1.41. The van der Waals surface area contributed by atoms with E-state index in [0.717, 1.165) is 44.3 Å². The molecule has 0 unspecified atom stereocenters. The van der Waals surface area contributed by atoms with E-state index in [9.17, 15) is 5.26 Å². The van der Waals surface area contributed by atoms with Crippen LogP contribution in [0.3, 0.4) is 0 Å². The first-order chi connectivity index (χ1) is 17.2. The number of benzene rings is 3. The summed E-state index contributed by atoms with van der Waals surface area (Å²) in [6.45, 7) is 2.03. The smallest absolute Gasteiger partial charge is 0.159 e. The Morgan fingerprint density at radius 3 is 2.23 bits per heavy atom. The van der Waals surface area contributed by atoms with E-state index in [-0.39, 0.29) is 12.2 Å². The number of nitriles is 1. The highest BCUT2D eigenvalue weighted by atomic mass is 16.7. The summed E-state index contributed by atoms with van der Waals surface area (Å²) in [5.74, 6) is 1.17. The van der Waals surface area contributed by atoms with Gasteiger partial charge in [0.15, 0.2) is 6.29 Å². The summed E-state index contributed by atoms with van der Waals surface area (Å²) < 4.78 is 11.0. The number of rotatable bonds is 6. The number of hydrogen-bond acceptors (Lipinski definition) is 4. The van der Waals surface area contributed by atoms with Crippen LogP contribution in [-0.4, -0.2) is 33.6 Å². The Labute approximate surface area is 209 Å². The minimum absolute atomic E-state index is 0.109. The number of fused-ring (bicyclic) bond motifs is 1. The van der Waals surface area contributed by atoms with Crippen molar-refractivity contribution in [2.45, 2.75) is 43.8 Å². The van der Waals surface area contributed by atoms with Gasteiger partial charge in [0.05, 0.1) is 11.6 Å². The highest BCUT2D eigenvalue weighted by molar-refractivity contribution is 5.53. The van der Waals surface area contributed by atoms with Crippen molar-refractivity contribution < 1.29 is 9.47 Å². The maximum atomic E-state index is 9.41. The molecule has 0 amide bonds. The lowest BCUT2D eigenvalue weighted by Gasteiger charge is -2.37. The summed E-state index contributed by atoms with van der Waals surface area (Å²) in [6.07, 6.45) is 4.13. The van der Waals surface area contributed by atoms with Gasteiger partial charge in [0, 0.05) is 44.8 Å². The molecule has 1 saturated heterocycles. The Morgan fingerprint density at radius 1 is 0.857 bits per heavy atom. The summed E-state index contributed by atoms with van der Waals surface area (Å²) in [5, 5.41) is 9.41. The zero-order valence-electron chi connectivity index (χ0n) is 20.7. The van der Waals surface area contributed by atoms with Crippen LogP contribution in [0.25, 0.3) is 0 Å². The molecule has 5 rings (SSSR count). The predicted octanol–water partition coefficient (Wildman–Crippen LogP) is 6.26. The van der Waals surface area contributed by atoms with Gasteiger partial charge in [0.25, 0.3) is 0 Å². The molecule has 1 aliphatic heterocycles. The number of piperidine rings is 1. The van der Waals surface area contributed by atoms with Crippen molar-refractivity contribution in [1.29, 1.82) is 5.26 Å². The third-order valence-corrected chi connectivity index (χ3v) is 7.97. The van der Waals surface area contributed by atoms with Gasteiger partial charge in [0.1, 0.15) is 0 Å². The molecular formula is C31H34N2O2. The van der Waals surface area contributed by atoms with Gasteiger partial charge in [-0.1, -0.05) is 48.5 Å². The highest BCUT2D eigenvalue weighted by Gasteiger charge is 2.32. The number of ether oxygens (including phenoxy) is 2. The third-order valence-electron chi connectivity index (χ3n) is 7.97. The van der Waals surface area contributed by atoms with Crippen LogP contribution in [0, 0.1) is 17.2 Å². The molecule has 4 heteroatoms. The second-order valence-corrected chi connectivity index (χ2v) is 9.81. The van der Waals surface area contributed by atoms with Gasteiger partial charge in [-0.2, -0.15) is 5.26 Å². The van der Waals surface area contributed by atoms with Gasteiger partial charge < -0.3 is 14.4 Å². The monoisotopic (exact) mass is 466 g/mol. The minimum atomic E-state index is -0.109. The Morgan fingerprint density at radius 2 is 1.57 bits per heavy atom. The molecule has 0 aromatic heterocycles. The minimum Gasteiger partial charge on any atom is -0.372 e. The van der Waals surface area contributed by atoms with Crippen LogP contribution in [0.1, 0.15) is 58.9 Å². The third kappa shape index (κ3) is 4.85. The van der Waals surface area contributed by atoms with Crippen LogP contribution in [-0.2, 0) is 15.9 Å². The Bertz CT molecular complexity index is 1160. The van der Waals surface area contributed by atoms with Gasteiger partial charge in [-0.05, 0) is 78.1 Å². The molecule has 3 aromatic carbocycles. The molecular weight excluding hydrogens is 432 g/mol. The molecule has 0 N–H and O–H groups in total. The summed E-state index contributed by atoms with van der Waals surface area (Å²) in [6, 6.07) is 28.7. The van der Waals surface area contributed by atoms with Crippen LogP contribution in [0.2, 0.25) is 0 Å². The molecule has 4 nitrogen and oxygen atoms in total. The summed E-state index contributed by atoms with van der Waals surface area (Å²) in [7, 11) is 3.46. The Kier molecular flexibility index (Phi) is 7.18. The topological polar surface area (TPSA) is 45.5 Å². The molecule has 2 atom stereocenters.